The van der Waals surface area contributed by atoms with Gasteiger partial charge in [-0.3, -0.25) is 0 Å². The number of halogens is 5. The maximum absolute atomic E-state index is 13.1. The van der Waals surface area contributed by atoms with Crippen molar-refractivity contribution in [2.24, 2.45) is 5.73 Å². The summed E-state index contributed by atoms with van der Waals surface area (Å²) in [5, 5.41) is 0.149. The standard InChI is InChI=1S/C12H10ClF4NO2/c13-7-4-9-8(3-6(7)10(5-18)1-2-10)19-11(14,15)12(16,17)20-9/h3-4H,1-2,5,18H2. The van der Waals surface area contributed by atoms with E-state index in [1.807, 2.05) is 0 Å². The average molecular weight is 312 g/mol. The van der Waals surface area contributed by atoms with Crippen molar-refractivity contribution < 1.29 is 27.0 Å². The van der Waals surface area contributed by atoms with E-state index in [0.717, 1.165) is 18.9 Å². The second-order valence-corrected chi connectivity index (χ2v) is 5.41. The lowest BCUT2D eigenvalue weighted by molar-refractivity contribution is -0.391. The van der Waals surface area contributed by atoms with E-state index in [0.29, 0.717) is 12.1 Å². The minimum absolute atomic E-state index is 0.149. The van der Waals surface area contributed by atoms with Crippen molar-refractivity contribution in [2.45, 2.75) is 30.5 Å². The maximum atomic E-state index is 13.1. The van der Waals surface area contributed by atoms with Crippen LogP contribution in [-0.4, -0.2) is 18.8 Å². The molecule has 1 aliphatic carbocycles. The Morgan fingerprint density at radius 2 is 1.55 bits per heavy atom. The quantitative estimate of drug-likeness (QED) is 0.852. The molecule has 1 fully saturated rings. The first kappa shape index (κ1) is 13.8. The number of ether oxygens (including phenoxy) is 2. The normalized spacial score (nSPS) is 24.3. The van der Waals surface area contributed by atoms with E-state index in [9.17, 15) is 17.6 Å². The van der Waals surface area contributed by atoms with Gasteiger partial charge in [-0.25, -0.2) is 0 Å². The van der Waals surface area contributed by atoms with Crippen molar-refractivity contribution in [3.8, 4) is 11.5 Å². The van der Waals surface area contributed by atoms with Gasteiger partial charge in [0.2, 0.25) is 0 Å². The van der Waals surface area contributed by atoms with Crippen molar-refractivity contribution in [3.05, 3.63) is 22.7 Å². The van der Waals surface area contributed by atoms with Gasteiger partial charge in [0.15, 0.2) is 11.5 Å². The Morgan fingerprint density at radius 1 is 1.05 bits per heavy atom. The van der Waals surface area contributed by atoms with Crippen molar-refractivity contribution in [2.75, 3.05) is 6.54 Å². The van der Waals surface area contributed by atoms with Crippen LogP contribution < -0.4 is 15.2 Å². The Balaban J connectivity index is 2.07. The molecule has 2 aliphatic rings. The zero-order valence-electron chi connectivity index (χ0n) is 10.1. The lowest BCUT2D eigenvalue weighted by Gasteiger charge is -2.32. The zero-order valence-corrected chi connectivity index (χ0v) is 10.8. The van der Waals surface area contributed by atoms with E-state index in [1.165, 1.54) is 6.07 Å². The molecule has 0 spiro atoms. The van der Waals surface area contributed by atoms with Crippen LogP contribution in [-0.2, 0) is 5.41 Å². The zero-order chi connectivity index (χ0) is 14.8. The highest BCUT2D eigenvalue weighted by Gasteiger charge is 2.66. The fourth-order valence-electron chi connectivity index (χ4n) is 2.23. The molecule has 1 heterocycles. The molecule has 110 valence electrons. The molecule has 3 rings (SSSR count). The number of hydrogen-bond donors (Lipinski definition) is 1. The molecule has 0 atom stereocenters. The first-order valence-corrected chi connectivity index (χ1v) is 6.26. The number of hydrogen-bond acceptors (Lipinski definition) is 3. The summed E-state index contributed by atoms with van der Waals surface area (Å²) in [6, 6.07) is 2.27. The van der Waals surface area contributed by atoms with E-state index in [2.05, 4.69) is 9.47 Å². The van der Waals surface area contributed by atoms with Crippen LogP contribution in [0.1, 0.15) is 18.4 Å². The summed E-state index contributed by atoms with van der Waals surface area (Å²) in [6.45, 7) is 0.291. The van der Waals surface area contributed by atoms with Crippen molar-refractivity contribution in [1.29, 1.82) is 0 Å². The molecular weight excluding hydrogens is 302 g/mol. The summed E-state index contributed by atoms with van der Waals surface area (Å²) in [4.78, 5) is 0. The van der Waals surface area contributed by atoms with Gasteiger partial charge in [-0.15, -0.1) is 0 Å². The van der Waals surface area contributed by atoms with Crippen molar-refractivity contribution in [3.63, 3.8) is 0 Å². The van der Waals surface area contributed by atoms with Crippen LogP contribution in [0.3, 0.4) is 0 Å². The fraction of sp³-hybridized carbons (Fsp3) is 0.500. The van der Waals surface area contributed by atoms with Gasteiger partial charge >= 0.3 is 12.2 Å². The second-order valence-electron chi connectivity index (χ2n) is 5.00. The molecule has 1 aromatic rings. The first-order chi connectivity index (χ1) is 9.21. The number of nitrogens with two attached hydrogens (primary N) is 1. The molecule has 0 amide bonds. The van der Waals surface area contributed by atoms with Crippen LogP contribution in [0.4, 0.5) is 17.6 Å². The summed E-state index contributed by atoms with van der Waals surface area (Å²) < 4.78 is 60.5. The molecule has 1 aromatic carbocycles. The van der Waals surface area contributed by atoms with Gasteiger partial charge < -0.3 is 15.2 Å². The predicted octanol–water partition coefficient (Wildman–Crippen LogP) is 3.29. The highest BCUT2D eigenvalue weighted by molar-refractivity contribution is 6.31. The van der Waals surface area contributed by atoms with Crippen LogP contribution in [0.15, 0.2) is 12.1 Å². The van der Waals surface area contributed by atoms with Crippen LogP contribution in [0.2, 0.25) is 5.02 Å². The summed E-state index contributed by atoms with van der Waals surface area (Å²) >= 11 is 6.01. The molecule has 0 unspecified atom stereocenters. The first-order valence-electron chi connectivity index (χ1n) is 5.89. The Kier molecular flexibility index (Phi) is 2.69. The number of fused-ring (bicyclic) bond motifs is 1. The van der Waals surface area contributed by atoms with Crippen molar-refractivity contribution >= 4 is 11.6 Å². The van der Waals surface area contributed by atoms with Gasteiger partial charge in [0.25, 0.3) is 0 Å². The van der Waals surface area contributed by atoms with E-state index >= 15 is 0 Å². The van der Waals surface area contributed by atoms with E-state index in [-0.39, 0.29) is 10.4 Å². The van der Waals surface area contributed by atoms with Gasteiger partial charge in [0.1, 0.15) is 0 Å². The van der Waals surface area contributed by atoms with Crippen LogP contribution in [0.5, 0.6) is 11.5 Å². The van der Waals surface area contributed by atoms with E-state index in [4.69, 9.17) is 17.3 Å². The Morgan fingerprint density at radius 3 is 2.00 bits per heavy atom. The van der Waals surface area contributed by atoms with E-state index in [1.54, 1.807) is 0 Å². The number of benzene rings is 1. The summed E-state index contributed by atoms with van der Waals surface area (Å²) in [5.74, 6) is -0.970. The van der Waals surface area contributed by atoms with Gasteiger partial charge in [0, 0.05) is 23.0 Å². The Bertz CT molecular complexity index is 575. The summed E-state index contributed by atoms with van der Waals surface area (Å²) in [5.41, 5.74) is 5.78. The monoisotopic (exact) mass is 311 g/mol. The molecule has 1 saturated carbocycles. The van der Waals surface area contributed by atoms with Gasteiger partial charge in [-0.2, -0.15) is 17.6 Å². The lowest BCUT2D eigenvalue weighted by Crippen LogP contribution is -2.52. The van der Waals surface area contributed by atoms with Crippen LogP contribution in [0, 0.1) is 0 Å². The lowest BCUT2D eigenvalue weighted by atomic mass is 9.95. The largest absolute Gasteiger partial charge is 0.507 e. The fourth-order valence-corrected chi connectivity index (χ4v) is 2.58. The van der Waals surface area contributed by atoms with Gasteiger partial charge in [-0.05, 0) is 24.5 Å². The third-order valence-corrected chi connectivity index (χ3v) is 3.98. The molecule has 0 aromatic heterocycles. The molecule has 0 saturated heterocycles. The van der Waals surface area contributed by atoms with Gasteiger partial charge in [-0.1, -0.05) is 11.6 Å². The number of alkyl halides is 4. The third-order valence-electron chi connectivity index (χ3n) is 3.66. The minimum Gasteiger partial charge on any atom is -0.421 e. The molecule has 0 bridgehead atoms. The molecule has 8 heteroatoms. The predicted molar refractivity (Wildman–Crippen MR) is 62.6 cm³/mol. The highest BCUT2D eigenvalue weighted by atomic mass is 35.5. The third kappa shape index (κ3) is 1.83. The smallest absolute Gasteiger partial charge is 0.421 e. The Hall–Kier alpha value is -1.21. The van der Waals surface area contributed by atoms with E-state index < -0.39 is 23.7 Å². The van der Waals surface area contributed by atoms with Crippen LogP contribution in [0.25, 0.3) is 0 Å². The highest BCUT2D eigenvalue weighted by Crippen LogP contribution is 2.54. The van der Waals surface area contributed by atoms with Crippen molar-refractivity contribution in [1.82, 2.24) is 0 Å². The topological polar surface area (TPSA) is 44.5 Å². The molecule has 2 N–H and O–H groups in total. The minimum atomic E-state index is -4.74. The maximum Gasteiger partial charge on any atom is 0.507 e. The second kappa shape index (κ2) is 3.92. The average Bonchev–Trinajstić information content (AvgIpc) is 3.11. The molecule has 1 aliphatic heterocycles. The molecule has 20 heavy (non-hydrogen) atoms. The van der Waals surface area contributed by atoms with Gasteiger partial charge in [0.05, 0.1) is 0 Å². The number of rotatable bonds is 2. The summed E-state index contributed by atoms with van der Waals surface area (Å²) in [7, 11) is 0. The Labute approximate surface area is 116 Å². The van der Waals surface area contributed by atoms with Crippen LogP contribution >= 0.6 is 11.6 Å². The molecule has 0 radical (unpaired) electrons. The molecule has 3 nitrogen and oxygen atoms in total. The molecular formula is C12H10ClF4NO2. The SMILES string of the molecule is NCC1(c2cc3c(cc2Cl)OC(F)(F)C(F)(F)O3)CC1. The summed E-state index contributed by atoms with van der Waals surface area (Å²) in [6.07, 6.45) is -7.95.